The first-order valence-corrected chi connectivity index (χ1v) is 8.24. The molecule has 0 saturated heterocycles. The van der Waals surface area contributed by atoms with Gasteiger partial charge in [0.25, 0.3) is 6.01 Å². The van der Waals surface area contributed by atoms with Crippen LogP contribution < -0.4 is 10.1 Å². The normalized spacial score (nSPS) is 12.5. The number of hydrogen-bond donors (Lipinski definition) is 3. The van der Waals surface area contributed by atoms with E-state index in [0.717, 1.165) is 24.2 Å². The summed E-state index contributed by atoms with van der Waals surface area (Å²) >= 11 is 4.28. The molecule has 0 spiro atoms. The van der Waals surface area contributed by atoms with Gasteiger partial charge in [-0.2, -0.15) is 12.6 Å². The number of imidazole rings is 1. The minimum atomic E-state index is -0.0484. The molecule has 0 bridgehead atoms. The second-order valence-electron chi connectivity index (χ2n) is 5.48. The summed E-state index contributed by atoms with van der Waals surface area (Å²) < 4.78 is 5.37. The molecule has 6 heteroatoms. The molecule has 5 nitrogen and oxygen atoms in total. The van der Waals surface area contributed by atoms with Crippen LogP contribution in [0.1, 0.15) is 45.5 Å². The van der Waals surface area contributed by atoms with Crippen molar-refractivity contribution in [2.24, 2.45) is 11.8 Å². The van der Waals surface area contributed by atoms with Crippen molar-refractivity contribution in [1.82, 2.24) is 15.3 Å². The van der Waals surface area contributed by atoms with Gasteiger partial charge in [-0.05, 0) is 25.7 Å². The van der Waals surface area contributed by atoms with Crippen molar-refractivity contribution in [3.63, 3.8) is 0 Å². The van der Waals surface area contributed by atoms with Crippen LogP contribution in [0.15, 0.2) is 0 Å². The van der Waals surface area contributed by atoms with Crippen LogP contribution in [-0.2, 0) is 17.8 Å². The van der Waals surface area contributed by atoms with E-state index in [1.807, 2.05) is 13.8 Å². The molecule has 0 aliphatic heterocycles. The third-order valence-electron chi connectivity index (χ3n) is 3.25. The number of rotatable bonds is 9. The van der Waals surface area contributed by atoms with E-state index in [9.17, 15) is 4.79 Å². The van der Waals surface area contributed by atoms with Gasteiger partial charge in [-0.3, -0.25) is 4.79 Å². The summed E-state index contributed by atoms with van der Waals surface area (Å²) in [5.41, 5.74) is 1.85. The summed E-state index contributed by atoms with van der Waals surface area (Å²) in [5, 5.41) is 2.97. The largest absolute Gasteiger partial charge is 0.465 e. The number of nitrogens with one attached hydrogen (secondary N) is 2. The number of hydrogen-bond acceptors (Lipinski definition) is 4. The summed E-state index contributed by atoms with van der Waals surface area (Å²) in [7, 11) is 0. The first-order valence-electron chi connectivity index (χ1n) is 7.60. The number of H-pyrrole nitrogens is 1. The highest BCUT2D eigenvalue weighted by atomic mass is 32.1. The van der Waals surface area contributed by atoms with E-state index in [1.54, 1.807) is 0 Å². The lowest BCUT2D eigenvalue weighted by molar-refractivity contribution is -0.124. The van der Waals surface area contributed by atoms with Crippen LogP contribution in [0.5, 0.6) is 6.01 Å². The zero-order chi connectivity index (χ0) is 15.8. The van der Waals surface area contributed by atoms with Gasteiger partial charge in [-0.15, -0.1) is 0 Å². The van der Waals surface area contributed by atoms with Gasteiger partial charge in [0.2, 0.25) is 5.91 Å². The van der Waals surface area contributed by atoms with Crippen molar-refractivity contribution in [3.8, 4) is 6.01 Å². The van der Waals surface area contributed by atoms with E-state index in [2.05, 4.69) is 41.8 Å². The lowest BCUT2D eigenvalue weighted by atomic mass is 9.98. The minimum absolute atomic E-state index is 0.0484. The Morgan fingerprint density at radius 3 is 2.67 bits per heavy atom. The number of nitrogens with zero attached hydrogens (tertiary/aromatic N) is 1. The average Bonchev–Trinajstić information content (AvgIpc) is 2.84. The Kier molecular flexibility index (Phi) is 7.64. The Hall–Kier alpha value is -1.17. The lowest BCUT2D eigenvalue weighted by Crippen LogP contribution is -2.32. The monoisotopic (exact) mass is 313 g/mol. The number of aromatic nitrogens is 2. The van der Waals surface area contributed by atoms with Gasteiger partial charge >= 0.3 is 0 Å². The molecular weight excluding hydrogens is 286 g/mol. The fourth-order valence-electron chi connectivity index (χ4n) is 2.22. The van der Waals surface area contributed by atoms with Gasteiger partial charge in [-0.1, -0.05) is 20.8 Å². The van der Waals surface area contributed by atoms with Gasteiger partial charge in [-0.25, -0.2) is 4.98 Å². The number of amides is 1. The molecule has 2 N–H and O–H groups in total. The molecule has 0 aliphatic carbocycles. The summed E-state index contributed by atoms with van der Waals surface area (Å²) in [6.45, 7) is 9.19. The van der Waals surface area contributed by atoms with Crippen molar-refractivity contribution < 1.29 is 9.53 Å². The zero-order valence-electron chi connectivity index (χ0n) is 13.4. The highest BCUT2D eigenvalue weighted by Gasteiger charge is 2.19. The first-order chi connectivity index (χ1) is 10.0. The highest BCUT2D eigenvalue weighted by molar-refractivity contribution is 7.80. The van der Waals surface area contributed by atoms with E-state index in [0.29, 0.717) is 30.8 Å². The number of ether oxygens (including phenoxy) is 1. The second kappa shape index (κ2) is 8.97. The summed E-state index contributed by atoms with van der Waals surface area (Å²) in [6.07, 6.45) is 1.65. The average molecular weight is 313 g/mol. The predicted octanol–water partition coefficient (Wildman–Crippen LogP) is 2.58. The van der Waals surface area contributed by atoms with Gasteiger partial charge < -0.3 is 15.0 Å². The summed E-state index contributed by atoms with van der Waals surface area (Å²) in [5.74, 6) is 1.05. The quantitative estimate of drug-likeness (QED) is 0.614. The molecule has 0 aliphatic rings. The van der Waals surface area contributed by atoms with E-state index >= 15 is 0 Å². The Morgan fingerprint density at radius 2 is 2.14 bits per heavy atom. The maximum atomic E-state index is 12.2. The topological polar surface area (TPSA) is 67.0 Å². The third kappa shape index (κ3) is 5.61. The lowest BCUT2D eigenvalue weighted by Gasteiger charge is -2.16. The molecule has 1 heterocycles. The number of carbonyl (C=O) groups is 1. The van der Waals surface area contributed by atoms with Crippen LogP contribution in [-0.4, -0.2) is 28.2 Å². The molecular formula is C15H27N3O2S. The number of thiol groups is 1. The Labute approximate surface area is 132 Å². The van der Waals surface area contributed by atoms with Crippen LogP contribution in [0, 0.1) is 11.8 Å². The standard InChI is InChI=1S/C15H27N3O2S/c1-5-12-13(18-15(17-12)20-6-2)8-16-14(19)11(9-21)7-10(3)4/h10-11,21H,5-9H2,1-4H3,(H,16,19)(H,17,18)/t11-/m1/s1. The van der Waals surface area contributed by atoms with Crippen LogP contribution in [0.4, 0.5) is 0 Å². The molecule has 1 aromatic heterocycles. The molecule has 0 unspecified atom stereocenters. The van der Waals surface area contributed by atoms with Crippen LogP contribution in [0.2, 0.25) is 0 Å². The first kappa shape index (κ1) is 17.9. The number of carbonyl (C=O) groups excluding carboxylic acids is 1. The van der Waals surface area contributed by atoms with Crippen molar-refractivity contribution >= 4 is 18.5 Å². The Balaban J connectivity index is 2.62. The Morgan fingerprint density at radius 1 is 1.43 bits per heavy atom. The van der Waals surface area contributed by atoms with Crippen molar-refractivity contribution in [3.05, 3.63) is 11.4 Å². The van der Waals surface area contributed by atoms with E-state index in [1.165, 1.54) is 0 Å². The number of aromatic amines is 1. The van der Waals surface area contributed by atoms with Crippen LogP contribution in [0.25, 0.3) is 0 Å². The van der Waals surface area contributed by atoms with Gasteiger partial charge in [0.1, 0.15) is 0 Å². The fraction of sp³-hybridized carbons (Fsp3) is 0.733. The smallest absolute Gasteiger partial charge is 0.294 e. The molecule has 21 heavy (non-hydrogen) atoms. The molecule has 0 radical (unpaired) electrons. The molecule has 0 saturated carbocycles. The van der Waals surface area contributed by atoms with Gasteiger partial charge in [0.15, 0.2) is 0 Å². The molecule has 0 aromatic carbocycles. The van der Waals surface area contributed by atoms with Crippen LogP contribution in [0.3, 0.4) is 0 Å². The van der Waals surface area contributed by atoms with E-state index < -0.39 is 0 Å². The SMILES string of the molecule is CCOc1nc(CC)c(CNC(=O)[C@@H](CS)CC(C)C)[nH]1. The van der Waals surface area contributed by atoms with Crippen molar-refractivity contribution in [2.45, 2.75) is 47.1 Å². The molecule has 0 fully saturated rings. The van der Waals surface area contributed by atoms with E-state index in [4.69, 9.17) is 4.74 Å². The van der Waals surface area contributed by atoms with Crippen molar-refractivity contribution in [2.75, 3.05) is 12.4 Å². The molecule has 1 atom stereocenters. The highest BCUT2D eigenvalue weighted by Crippen LogP contribution is 2.15. The second-order valence-corrected chi connectivity index (χ2v) is 5.85. The predicted molar refractivity (Wildman–Crippen MR) is 87.8 cm³/mol. The summed E-state index contributed by atoms with van der Waals surface area (Å²) in [6, 6.07) is 0.520. The van der Waals surface area contributed by atoms with Gasteiger partial charge in [0, 0.05) is 11.7 Å². The molecule has 120 valence electrons. The van der Waals surface area contributed by atoms with Gasteiger partial charge in [0.05, 0.1) is 24.5 Å². The molecule has 1 rings (SSSR count). The molecule has 1 amide bonds. The summed E-state index contributed by atoms with van der Waals surface area (Å²) in [4.78, 5) is 19.7. The Bertz CT molecular complexity index is 446. The van der Waals surface area contributed by atoms with E-state index in [-0.39, 0.29) is 11.8 Å². The fourth-order valence-corrected chi connectivity index (χ4v) is 2.53. The molecule has 1 aromatic rings. The third-order valence-corrected chi connectivity index (χ3v) is 3.69. The minimum Gasteiger partial charge on any atom is -0.465 e. The number of aryl methyl sites for hydroxylation is 1. The maximum absolute atomic E-state index is 12.2. The maximum Gasteiger partial charge on any atom is 0.294 e. The van der Waals surface area contributed by atoms with Crippen LogP contribution >= 0.6 is 12.6 Å². The van der Waals surface area contributed by atoms with Crippen molar-refractivity contribution in [1.29, 1.82) is 0 Å². The zero-order valence-corrected chi connectivity index (χ0v) is 14.3.